The number of aromatic nitrogens is 2. The summed E-state index contributed by atoms with van der Waals surface area (Å²) >= 11 is 12.6. The fraction of sp³-hybridized carbons (Fsp3) is 0.273. The standard InChI is InChI=1S/C22H18Cl2N2O2/c1-2-28-22(27)20-19-15-8-9-16(14-6-4-3-5-13(14)15)21(19)26(25-20)18-10-7-12(23)11-17(18)24/h3-7,10-11,15-16H,2,8-9H2,1H3. The topological polar surface area (TPSA) is 44.1 Å². The number of fused-ring (bicyclic) bond motifs is 1. The average molecular weight is 413 g/mol. The molecular formula is C22H18Cl2N2O2. The normalized spacial score (nSPS) is 19.2. The van der Waals surface area contributed by atoms with Crippen molar-refractivity contribution in [3.8, 4) is 5.69 Å². The minimum absolute atomic E-state index is 0.149. The van der Waals surface area contributed by atoms with Crippen LogP contribution >= 0.6 is 23.2 Å². The second-order valence-electron chi connectivity index (χ2n) is 7.19. The van der Waals surface area contributed by atoms with Gasteiger partial charge in [-0.25, -0.2) is 9.48 Å². The predicted molar refractivity (Wildman–Crippen MR) is 109 cm³/mol. The maximum atomic E-state index is 12.7. The molecule has 0 amide bonds. The molecular weight excluding hydrogens is 395 g/mol. The monoisotopic (exact) mass is 412 g/mol. The molecule has 2 bridgehead atoms. The van der Waals surface area contributed by atoms with Crippen LogP contribution in [0.2, 0.25) is 10.0 Å². The molecule has 2 unspecified atom stereocenters. The van der Waals surface area contributed by atoms with Gasteiger partial charge in [0.15, 0.2) is 5.69 Å². The Bertz CT molecular complexity index is 1110. The van der Waals surface area contributed by atoms with Crippen LogP contribution in [0, 0.1) is 0 Å². The lowest BCUT2D eigenvalue weighted by Crippen LogP contribution is -2.27. The maximum Gasteiger partial charge on any atom is 0.359 e. The molecule has 0 aliphatic heterocycles. The summed E-state index contributed by atoms with van der Waals surface area (Å²) in [6.45, 7) is 2.12. The Labute approximate surface area is 173 Å². The van der Waals surface area contributed by atoms with Gasteiger partial charge in [-0.05, 0) is 49.1 Å². The first-order chi connectivity index (χ1) is 13.6. The van der Waals surface area contributed by atoms with E-state index in [4.69, 9.17) is 33.0 Å². The summed E-state index contributed by atoms with van der Waals surface area (Å²) in [7, 11) is 0. The molecule has 6 heteroatoms. The molecule has 0 fully saturated rings. The van der Waals surface area contributed by atoms with Crippen molar-refractivity contribution >= 4 is 29.2 Å². The molecule has 6 rings (SSSR count). The van der Waals surface area contributed by atoms with E-state index in [1.54, 1.807) is 19.1 Å². The third-order valence-electron chi connectivity index (χ3n) is 5.74. The van der Waals surface area contributed by atoms with E-state index in [-0.39, 0.29) is 17.8 Å². The van der Waals surface area contributed by atoms with Crippen molar-refractivity contribution in [3.63, 3.8) is 0 Å². The summed E-state index contributed by atoms with van der Waals surface area (Å²) in [6, 6.07) is 13.8. The lowest BCUT2D eigenvalue weighted by Gasteiger charge is -2.38. The number of benzene rings is 2. The third-order valence-corrected chi connectivity index (χ3v) is 6.27. The second-order valence-corrected chi connectivity index (χ2v) is 8.03. The van der Waals surface area contributed by atoms with Crippen molar-refractivity contribution in [1.82, 2.24) is 9.78 Å². The number of nitrogens with zero attached hydrogens (tertiary/aromatic N) is 2. The van der Waals surface area contributed by atoms with Crippen LogP contribution in [0.25, 0.3) is 5.69 Å². The van der Waals surface area contributed by atoms with Crippen molar-refractivity contribution in [3.05, 3.63) is 80.6 Å². The SMILES string of the molecule is CCOC(=O)c1nn(-c2ccc(Cl)cc2Cl)c2c1C1CCC2c2ccccc21. The van der Waals surface area contributed by atoms with Crippen LogP contribution in [0.15, 0.2) is 42.5 Å². The van der Waals surface area contributed by atoms with Gasteiger partial charge in [0.05, 0.1) is 23.0 Å². The highest BCUT2D eigenvalue weighted by atomic mass is 35.5. The fourth-order valence-electron chi connectivity index (χ4n) is 4.68. The van der Waals surface area contributed by atoms with E-state index in [0.29, 0.717) is 22.3 Å². The summed E-state index contributed by atoms with van der Waals surface area (Å²) in [5.41, 5.74) is 5.75. The van der Waals surface area contributed by atoms with E-state index in [1.165, 1.54) is 11.1 Å². The van der Waals surface area contributed by atoms with Crippen LogP contribution in [0.5, 0.6) is 0 Å². The van der Waals surface area contributed by atoms with Crippen LogP contribution in [-0.2, 0) is 4.74 Å². The van der Waals surface area contributed by atoms with E-state index in [1.807, 2.05) is 10.7 Å². The first kappa shape index (κ1) is 17.8. The zero-order valence-corrected chi connectivity index (χ0v) is 16.8. The van der Waals surface area contributed by atoms with Gasteiger partial charge < -0.3 is 4.74 Å². The Balaban J connectivity index is 1.78. The zero-order chi connectivity index (χ0) is 19.4. The number of esters is 1. The van der Waals surface area contributed by atoms with Gasteiger partial charge in [0, 0.05) is 22.4 Å². The number of halogens is 2. The van der Waals surface area contributed by atoms with E-state index in [9.17, 15) is 4.79 Å². The molecule has 4 nitrogen and oxygen atoms in total. The van der Waals surface area contributed by atoms with E-state index in [0.717, 1.165) is 29.8 Å². The molecule has 1 aromatic heterocycles. The minimum atomic E-state index is -0.382. The fourth-order valence-corrected chi connectivity index (χ4v) is 5.17. The molecule has 2 atom stereocenters. The third kappa shape index (κ3) is 2.51. The average Bonchev–Trinajstić information content (AvgIpc) is 3.10. The predicted octanol–water partition coefficient (Wildman–Crippen LogP) is 5.73. The van der Waals surface area contributed by atoms with Crippen molar-refractivity contribution in [1.29, 1.82) is 0 Å². The van der Waals surface area contributed by atoms with Gasteiger partial charge >= 0.3 is 5.97 Å². The Kier molecular flexibility index (Phi) is 4.22. The van der Waals surface area contributed by atoms with E-state index in [2.05, 4.69) is 24.3 Å². The van der Waals surface area contributed by atoms with Crippen LogP contribution < -0.4 is 0 Å². The van der Waals surface area contributed by atoms with E-state index < -0.39 is 0 Å². The quantitative estimate of drug-likeness (QED) is 0.516. The molecule has 142 valence electrons. The molecule has 0 radical (unpaired) electrons. The lowest BCUT2D eigenvalue weighted by molar-refractivity contribution is 0.0517. The van der Waals surface area contributed by atoms with Crippen LogP contribution in [0.1, 0.15) is 64.5 Å². The molecule has 0 saturated heterocycles. The highest BCUT2D eigenvalue weighted by Gasteiger charge is 2.44. The van der Waals surface area contributed by atoms with E-state index >= 15 is 0 Å². The van der Waals surface area contributed by atoms with Crippen molar-refractivity contribution in [2.45, 2.75) is 31.6 Å². The van der Waals surface area contributed by atoms with Gasteiger partial charge in [-0.2, -0.15) is 5.10 Å². The summed E-state index contributed by atoms with van der Waals surface area (Å²) in [5.74, 6) is -0.0540. The van der Waals surface area contributed by atoms with Gasteiger partial charge in [0.1, 0.15) is 0 Å². The van der Waals surface area contributed by atoms with Crippen molar-refractivity contribution in [2.24, 2.45) is 0 Å². The minimum Gasteiger partial charge on any atom is -0.461 e. The summed E-state index contributed by atoms with van der Waals surface area (Å²) in [4.78, 5) is 12.7. The molecule has 1 heterocycles. The smallest absolute Gasteiger partial charge is 0.359 e. The molecule has 3 aromatic rings. The van der Waals surface area contributed by atoms with Crippen molar-refractivity contribution < 1.29 is 9.53 Å². The maximum absolute atomic E-state index is 12.7. The lowest BCUT2D eigenvalue weighted by atomic mass is 9.65. The Morgan fingerprint density at radius 1 is 1.14 bits per heavy atom. The zero-order valence-electron chi connectivity index (χ0n) is 15.3. The molecule has 0 saturated carbocycles. The molecule has 3 aliphatic carbocycles. The van der Waals surface area contributed by atoms with Crippen molar-refractivity contribution in [2.75, 3.05) is 6.61 Å². The Morgan fingerprint density at radius 2 is 1.86 bits per heavy atom. The number of rotatable bonds is 3. The number of carbonyl (C=O) groups is 1. The van der Waals surface area contributed by atoms with Gasteiger partial charge in [-0.15, -0.1) is 0 Å². The highest BCUT2D eigenvalue weighted by molar-refractivity contribution is 6.35. The highest BCUT2D eigenvalue weighted by Crippen LogP contribution is 2.54. The number of carbonyl (C=O) groups excluding carboxylic acids is 1. The van der Waals surface area contributed by atoms with Gasteiger partial charge in [-0.1, -0.05) is 47.5 Å². The number of hydrogen-bond donors (Lipinski definition) is 0. The largest absolute Gasteiger partial charge is 0.461 e. The number of ether oxygens (including phenoxy) is 1. The summed E-state index contributed by atoms with van der Waals surface area (Å²) in [5, 5.41) is 5.77. The first-order valence-corrected chi connectivity index (χ1v) is 10.2. The van der Waals surface area contributed by atoms with Gasteiger partial charge in [0.25, 0.3) is 0 Å². The van der Waals surface area contributed by atoms with Crippen LogP contribution in [-0.4, -0.2) is 22.4 Å². The summed E-state index contributed by atoms with van der Waals surface area (Å²) in [6.07, 6.45) is 2.02. The Morgan fingerprint density at radius 3 is 2.57 bits per heavy atom. The molecule has 3 aliphatic rings. The molecule has 2 aromatic carbocycles. The van der Waals surface area contributed by atoms with Gasteiger partial charge in [-0.3, -0.25) is 0 Å². The van der Waals surface area contributed by atoms with Crippen LogP contribution in [0.3, 0.4) is 0 Å². The van der Waals surface area contributed by atoms with Crippen LogP contribution in [0.4, 0.5) is 0 Å². The molecule has 0 N–H and O–H groups in total. The molecule has 0 spiro atoms. The second kappa shape index (κ2) is 6.64. The summed E-state index contributed by atoms with van der Waals surface area (Å²) < 4.78 is 7.15. The molecule has 28 heavy (non-hydrogen) atoms. The Hall–Kier alpha value is -2.30. The number of hydrogen-bond acceptors (Lipinski definition) is 3. The first-order valence-electron chi connectivity index (χ1n) is 9.44. The van der Waals surface area contributed by atoms with Gasteiger partial charge in [0.2, 0.25) is 0 Å².